The number of thiophene rings is 1. The maximum Gasteiger partial charge on any atom is 0.305 e. The monoisotopic (exact) mass is 366 g/mol. The van der Waals surface area contributed by atoms with Crippen LogP contribution in [-0.2, 0) is 20.7 Å². The molecule has 0 bridgehead atoms. The van der Waals surface area contributed by atoms with E-state index < -0.39 is 5.97 Å². The lowest BCUT2D eigenvalue weighted by molar-refractivity contribution is -0.139. The fraction of sp³-hybridized carbons (Fsp3) is 0.438. The number of carboxylic acids is 1. The first-order valence-electron chi connectivity index (χ1n) is 7.59. The van der Waals surface area contributed by atoms with Gasteiger partial charge in [0.15, 0.2) is 0 Å². The molecule has 24 heavy (non-hydrogen) atoms. The Balaban J connectivity index is 1.68. The van der Waals surface area contributed by atoms with Crippen molar-refractivity contribution < 1.29 is 19.4 Å². The van der Waals surface area contributed by atoms with Gasteiger partial charge in [0.25, 0.3) is 0 Å². The number of thiazole rings is 1. The number of aromatic nitrogens is 1. The number of carbonyl (C=O) groups is 2. The van der Waals surface area contributed by atoms with Gasteiger partial charge in [-0.1, -0.05) is 6.07 Å². The Kier molecular flexibility index (Phi) is 5.27. The van der Waals surface area contributed by atoms with Crippen molar-refractivity contribution in [1.82, 2.24) is 9.88 Å². The highest BCUT2D eigenvalue weighted by atomic mass is 32.1. The van der Waals surface area contributed by atoms with Crippen LogP contribution in [0.25, 0.3) is 9.88 Å². The maximum absolute atomic E-state index is 12.6. The molecule has 0 spiro atoms. The number of likely N-dealkylation sites (tertiary alicyclic amines) is 1. The molecule has 0 aromatic carbocycles. The molecule has 1 saturated heterocycles. The number of rotatable bonds is 6. The van der Waals surface area contributed by atoms with Crippen molar-refractivity contribution in [1.29, 1.82) is 0 Å². The Bertz CT molecular complexity index is 713. The molecule has 128 valence electrons. The van der Waals surface area contributed by atoms with Gasteiger partial charge in [-0.2, -0.15) is 0 Å². The molecule has 6 nitrogen and oxygen atoms in total. The number of hydrogen-bond donors (Lipinski definition) is 1. The fourth-order valence-electron chi connectivity index (χ4n) is 2.90. The Morgan fingerprint density at radius 1 is 1.46 bits per heavy atom. The predicted molar refractivity (Wildman–Crippen MR) is 92.3 cm³/mol. The van der Waals surface area contributed by atoms with Crippen LogP contribution in [0.1, 0.15) is 18.5 Å². The summed E-state index contributed by atoms with van der Waals surface area (Å²) in [6, 6.07) is 3.66. The number of carboxylic acid groups (broad SMARTS) is 1. The second-order valence-electron chi connectivity index (χ2n) is 5.69. The molecule has 8 heteroatoms. The highest BCUT2D eigenvalue weighted by Gasteiger charge is 2.36. The highest BCUT2D eigenvalue weighted by molar-refractivity contribution is 7.20. The van der Waals surface area contributed by atoms with Crippen molar-refractivity contribution in [2.75, 3.05) is 13.7 Å². The van der Waals surface area contributed by atoms with E-state index in [4.69, 9.17) is 9.84 Å². The van der Waals surface area contributed by atoms with Crippen molar-refractivity contribution in [2.45, 2.75) is 31.4 Å². The summed E-state index contributed by atoms with van der Waals surface area (Å²) >= 11 is 3.13. The molecule has 2 unspecified atom stereocenters. The standard InChI is InChI=1S/C16H18N2O4S2/c1-22-12-6-11(7-15(20)21)18(8-12)14(19)5-10-9-24-16(17-10)13-3-2-4-23-13/h2-4,9,11-12H,5-8H2,1H3,(H,20,21). The zero-order valence-corrected chi connectivity index (χ0v) is 14.8. The zero-order chi connectivity index (χ0) is 17.1. The summed E-state index contributed by atoms with van der Waals surface area (Å²) in [6.45, 7) is 0.440. The molecule has 1 fully saturated rings. The van der Waals surface area contributed by atoms with Crippen molar-refractivity contribution >= 4 is 34.6 Å². The zero-order valence-electron chi connectivity index (χ0n) is 13.2. The van der Waals surface area contributed by atoms with Crippen LogP contribution in [0, 0.1) is 0 Å². The third kappa shape index (κ3) is 3.82. The van der Waals surface area contributed by atoms with Crippen LogP contribution in [0.15, 0.2) is 22.9 Å². The maximum atomic E-state index is 12.6. The van der Waals surface area contributed by atoms with E-state index in [0.29, 0.717) is 13.0 Å². The van der Waals surface area contributed by atoms with Crippen LogP contribution >= 0.6 is 22.7 Å². The van der Waals surface area contributed by atoms with Crippen LogP contribution in [0.4, 0.5) is 0 Å². The minimum Gasteiger partial charge on any atom is -0.481 e. The summed E-state index contributed by atoms with van der Waals surface area (Å²) in [7, 11) is 1.59. The van der Waals surface area contributed by atoms with E-state index in [1.807, 2.05) is 22.9 Å². The van der Waals surface area contributed by atoms with Gasteiger partial charge in [0.1, 0.15) is 5.01 Å². The largest absolute Gasteiger partial charge is 0.481 e. The lowest BCUT2D eigenvalue weighted by Gasteiger charge is -2.22. The molecule has 0 radical (unpaired) electrons. The van der Waals surface area contributed by atoms with Gasteiger partial charge in [-0.3, -0.25) is 9.59 Å². The summed E-state index contributed by atoms with van der Waals surface area (Å²) < 4.78 is 5.31. The Morgan fingerprint density at radius 3 is 2.96 bits per heavy atom. The Hall–Kier alpha value is -1.77. The molecule has 2 atom stereocenters. The van der Waals surface area contributed by atoms with Gasteiger partial charge in [-0.05, 0) is 17.9 Å². The molecule has 1 aliphatic rings. The lowest BCUT2D eigenvalue weighted by atomic mass is 10.1. The molecule has 3 heterocycles. The molecule has 2 aromatic rings. The third-order valence-electron chi connectivity index (χ3n) is 4.06. The normalized spacial score (nSPS) is 20.5. The highest BCUT2D eigenvalue weighted by Crippen LogP contribution is 2.29. The number of hydrogen-bond acceptors (Lipinski definition) is 6. The number of aliphatic carboxylic acids is 1. The number of amides is 1. The van der Waals surface area contributed by atoms with Gasteiger partial charge in [-0.25, -0.2) is 4.98 Å². The number of methoxy groups -OCH3 is 1. The van der Waals surface area contributed by atoms with Crippen molar-refractivity contribution in [3.05, 3.63) is 28.6 Å². The molecule has 3 rings (SSSR count). The quantitative estimate of drug-likeness (QED) is 0.850. The Morgan fingerprint density at radius 2 is 2.29 bits per heavy atom. The van der Waals surface area contributed by atoms with E-state index in [1.54, 1.807) is 23.3 Å². The van der Waals surface area contributed by atoms with E-state index in [2.05, 4.69) is 4.98 Å². The molecule has 0 aliphatic carbocycles. The lowest BCUT2D eigenvalue weighted by Crippen LogP contribution is -2.38. The topological polar surface area (TPSA) is 79.7 Å². The number of nitrogens with zero attached hydrogens (tertiary/aromatic N) is 2. The summed E-state index contributed by atoms with van der Waals surface area (Å²) in [5, 5.41) is 13.8. The second-order valence-corrected chi connectivity index (χ2v) is 7.50. The molecule has 0 saturated carbocycles. The van der Waals surface area contributed by atoms with Crippen molar-refractivity contribution in [2.24, 2.45) is 0 Å². The average Bonchev–Trinajstić information content (AvgIpc) is 3.26. The summed E-state index contributed by atoms with van der Waals surface area (Å²) in [6.07, 6.45) is 0.597. The van der Waals surface area contributed by atoms with Crippen LogP contribution < -0.4 is 0 Å². The van der Waals surface area contributed by atoms with Crippen molar-refractivity contribution in [3.63, 3.8) is 0 Å². The number of carbonyl (C=O) groups excluding carboxylic acids is 1. The molecular weight excluding hydrogens is 348 g/mol. The SMILES string of the molecule is COC1CC(CC(=O)O)N(C(=O)Cc2csc(-c3cccs3)n2)C1. The van der Waals surface area contributed by atoms with E-state index in [1.165, 1.54) is 11.3 Å². The van der Waals surface area contributed by atoms with Crippen LogP contribution in [-0.4, -0.2) is 52.7 Å². The van der Waals surface area contributed by atoms with Gasteiger partial charge in [0.05, 0.1) is 29.5 Å². The second kappa shape index (κ2) is 7.42. The van der Waals surface area contributed by atoms with Gasteiger partial charge < -0.3 is 14.7 Å². The van der Waals surface area contributed by atoms with E-state index in [0.717, 1.165) is 15.6 Å². The summed E-state index contributed by atoms with van der Waals surface area (Å²) in [5.41, 5.74) is 0.725. The van der Waals surface area contributed by atoms with Crippen LogP contribution in [0.5, 0.6) is 0 Å². The first-order chi connectivity index (χ1) is 11.6. The van der Waals surface area contributed by atoms with E-state index >= 15 is 0 Å². The first kappa shape index (κ1) is 17.1. The molecular formula is C16H18N2O4S2. The molecule has 1 aliphatic heterocycles. The number of ether oxygens (including phenoxy) is 1. The van der Waals surface area contributed by atoms with Gasteiger partial charge >= 0.3 is 5.97 Å². The van der Waals surface area contributed by atoms with Crippen molar-refractivity contribution in [3.8, 4) is 9.88 Å². The predicted octanol–water partition coefficient (Wildman–Crippen LogP) is 2.50. The summed E-state index contributed by atoms with van der Waals surface area (Å²) in [5.74, 6) is -0.993. The Labute approximate surface area is 147 Å². The van der Waals surface area contributed by atoms with Gasteiger partial charge in [0.2, 0.25) is 5.91 Å². The fourth-order valence-corrected chi connectivity index (χ4v) is 4.54. The average molecular weight is 366 g/mol. The minimum atomic E-state index is -0.900. The van der Waals surface area contributed by atoms with E-state index in [9.17, 15) is 9.59 Å². The van der Waals surface area contributed by atoms with Gasteiger partial charge in [-0.15, -0.1) is 22.7 Å². The molecule has 1 N–H and O–H groups in total. The third-order valence-corrected chi connectivity index (χ3v) is 5.99. The smallest absolute Gasteiger partial charge is 0.305 e. The summed E-state index contributed by atoms with van der Waals surface area (Å²) in [4.78, 5) is 30.9. The molecule has 1 amide bonds. The minimum absolute atomic E-state index is 0.0525. The first-order valence-corrected chi connectivity index (χ1v) is 9.35. The van der Waals surface area contributed by atoms with Crippen LogP contribution in [0.3, 0.4) is 0 Å². The van der Waals surface area contributed by atoms with E-state index in [-0.39, 0.29) is 30.9 Å². The van der Waals surface area contributed by atoms with Crippen LogP contribution in [0.2, 0.25) is 0 Å². The van der Waals surface area contributed by atoms with Gasteiger partial charge in [0, 0.05) is 25.1 Å². The molecule has 2 aromatic heterocycles.